The molecule has 0 aliphatic carbocycles. The van der Waals surface area contributed by atoms with Gasteiger partial charge in [-0.15, -0.1) is 0 Å². The van der Waals surface area contributed by atoms with Crippen molar-refractivity contribution in [2.75, 3.05) is 27.9 Å². The third kappa shape index (κ3) is 6.26. The highest BCUT2D eigenvalue weighted by Crippen LogP contribution is 2.24. The number of nitrogens with zero attached hydrogens (tertiary/aromatic N) is 3. The molecule has 0 atom stereocenters. The number of aryl methyl sites for hydroxylation is 1. The SMILES string of the molecule is COC(=O)CN(Cc1cc(OC)cc(OC)c1)C(=O)/C=C/c1c(C)nn(-c2ccc(F)cc2)c1C. The third-order valence-corrected chi connectivity index (χ3v) is 5.46. The Morgan fingerprint density at radius 3 is 2.23 bits per heavy atom. The second-order valence-corrected chi connectivity index (χ2v) is 7.80. The van der Waals surface area contributed by atoms with Crippen LogP contribution in [0.5, 0.6) is 11.5 Å². The van der Waals surface area contributed by atoms with Crippen LogP contribution in [0.1, 0.15) is 22.5 Å². The molecule has 9 heteroatoms. The fourth-order valence-electron chi connectivity index (χ4n) is 3.60. The largest absolute Gasteiger partial charge is 0.497 e. The van der Waals surface area contributed by atoms with E-state index in [0.717, 1.165) is 16.8 Å². The van der Waals surface area contributed by atoms with E-state index < -0.39 is 5.97 Å². The minimum atomic E-state index is -0.543. The summed E-state index contributed by atoms with van der Waals surface area (Å²) in [4.78, 5) is 26.5. The average Bonchev–Trinajstić information content (AvgIpc) is 3.14. The van der Waals surface area contributed by atoms with Crippen molar-refractivity contribution >= 4 is 18.0 Å². The zero-order valence-electron chi connectivity index (χ0n) is 20.4. The number of aromatic nitrogens is 2. The van der Waals surface area contributed by atoms with Crippen LogP contribution in [0.3, 0.4) is 0 Å². The molecule has 0 fully saturated rings. The van der Waals surface area contributed by atoms with Crippen LogP contribution in [0.15, 0.2) is 48.5 Å². The minimum Gasteiger partial charge on any atom is -0.497 e. The summed E-state index contributed by atoms with van der Waals surface area (Å²) in [6, 6.07) is 11.3. The van der Waals surface area contributed by atoms with Crippen LogP contribution >= 0.6 is 0 Å². The number of hydrogen-bond donors (Lipinski definition) is 0. The van der Waals surface area contributed by atoms with Gasteiger partial charge in [0.2, 0.25) is 5.91 Å². The second-order valence-electron chi connectivity index (χ2n) is 7.80. The molecular formula is C26H28FN3O5. The molecule has 2 aromatic carbocycles. The Labute approximate surface area is 203 Å². The zero-order chi connectivity index (χ0) is 25.5. The van der Waals surface area contributed by atoms with Crippen LogP contribution in [-0.4, -0.2) is 54.4 Å². The van der Waals surface area contributed by atoms with E-state index in [0.29, 0.717) is 22.9 Å². The highest BCUT2D eigenvalue weighted by molar-refractivity contribution is 5.94. The van der Waals surface area contributed by atoms with E-state index in [1.54, 1.807) is 41.1 Å². The Balaban J connectivity index is 1.87. The maximum Gasteiger partial charge on any atom is 0.325 e. The van der Waals surface area contributed by atoms with E-state index in [-0.39, 0.29) is 24.8 Å². The summed E-state index contributed by atoms with van der Waals surface area (Å²) in [5.74, 6) is -0.122. The van der Waals surface area contributed by atoms with Gasteiger partial charge in [-0.1, -0.05) is 0 Å². The number of methoxy groups -OCH3 is 3. The molecule has 0 radical (unpaired) electrons. The van der Waals surface area contributed by atoms with E-state index in [1.165, 1.54) is 44.4 Å². The van der Waals surface area contributed by atoms with Crippen LogP contribution in [0.2, 0.25) is 0 Å². The Morgan fingerprint density at radius 2 is 1.66 bits per heavy atom. The molecule has 0 aliphatic rings. The van der Waals surface area contributed by atoms with Crippen molar-refractivity contribution in [2.45, 2.75) is 20.4 Å². The molecule has 0 N–H and O–H groups in total. The van der Waals surface area contributed by atoms with Gasteiger partial charge in [0.25, 0.3) is 0 Å². The maximum atomic E-state index is 13.3. The molecule has 0 saturated heterocycles. The number of ether oxygens (including phenoxy) is 3. The van der Waals surface area contributed by atoms with Crippen LogP contribution in [0.25, 0.3) is 11.8 Å². The summed E-state index contributed by atoms with van der Waals surface area (Å²) < 4.78 is 30.4. The molecule has 0 unspecified atom stereocenters. The predicted molar refractivity (Wildman–Crippen MR) is 129 cm³/mol. The Morgan fingerprint density at radius 1 is 1.03 bits per heavy atom. The summed E-state index contributed by atoms with van der Waals surface area (Å²) in [6.07, 6.45) is 3.06. The van der Waals surface area contributed by atoms with Gasteiger partial charge in [0.05, 0.1) is 32.7 Å². The molecule has 3 rings (SSSR count). The summed E-state index contributed by atoms with van der Waals surface area (Å²) in [6.45, 7) is 3.60. The quantitative estimate of drug-likeness (QED) is 0.341. The van der Waals surface area contributed by atoms with E-state index >= 15 is 0 Å². The first kappa shape index (κ1) is 25.5. The van der Waals surface area contributed by atoms with Gasteiger partial charge in [-0.05, 0) is 61.9 Å². The molecule has 8 nitrogen and oxygen atoms in total. The van der Waals surface area contributed by atoms with Gasteiger partial charge in [-0.3, -0.25) is 9.59 Å². The average molecular weight is 482 g/mol. The lowest BCUT2D eigenvalue weighted by Crippen LogP contribution is -2.34. The summed E-state index contributed by atoms with van der Waals surface area (Å²) in [5, 5.41) is 4.52. The summed E-state index contributed by atoms with van der Waals surface area (Å²) in [7, 11) is 4.34. The van der Waals surface area contributed by atoms with Crippen LogP contribution < -0.4 is 9.47 Å². The summed E-state index contributed by atoms with van der Waals surface area (Å²) >= 11 is 0. The van der Waals surface area contributed by atoms with Crippen molar-refractivity contribution in [3.8, 4) is 17.2 Å². The van der Waals surface area contributed by atoms with Crippen LogP contribution in [0, 0.1) is 19.7 Å². The Hall–Kier alpha value is -4.14. The normalized spacial score (nSPS) is 10.9. The molecule has 1 heterocycles. The predicted octanol–water partition coefficient (Wildman–Crippen LogP) is 3.86. The fraction of sp³-hybridized carbons (Fsp3) is 0.269. The van der Waals surface area contributed by atoms with Gasteiger partial charge < -0.3 is 19.1 Å². The van der Waals surface area contributed by atoms with Crippen molar-refractivity contribution < 1.29 is 28.2 Å². The molecule has 35 heavy (non-hydrogen) atoms. The standard InChI is InChI=1S/C26H28FN3O5/c1-17-24(18(2)30(28-17)21-8-6-20(27)7-9-21)10-11-25(31)29(16-26(32)35-5)15-19-12-22(33-3)14-23(13-19)34-4/h6-14H,15-16H2,1-5H3/b11-10+. The molecular weight excluding hydrogens is 453 g/mol. The first-order chi connectivity index (χ1) is 16.7. The lowest BCUT2D eigenvalue weighted by molar-refractivity contribution is -0.145. The topological polar surface area (TPSA) is 82.9 Å². The molecule has 0 bridgehead atoms. The van der Waals surface area contributed by atoms with Crippen LogP contribution in [0.4, 0.5) is 4.39 Å². The molecule has 3 aromatic rings. The van der Waals surface area contributed by atoms with Crippen molar-refractivity contribution in [3.05, 3.63) is 76.9 Å². The van der Waals surface area contributed by atoms with Crippen LogP contribution in [-0.2, 0) is 20.9 Å². The second kappa shape index (κ2) is 11.3. The minimum absolute atomic E-state index is 0.138. The lowest BCUT2D eigenvalue weighted by atomic mass is 10.1. The third-order valence-electron chi connectivity index (χ3n) is 5.46. The number of rotatable bonds is 9. The van der Waals surface area contributed by atoms with Crippen molar-refractivity contribution in [2.24, 2.45) is 0 Å². The number of hydrogen-bond acceptors (Lipinski definition) is 6. The Bertz CT molecular complexity index is 1210. The van der Waals surface area contributed by atoms with Crippen molar-refractivity contribution in [1.29, 1.82) is 0 Å². The number of halogens is 1. The molecule has 0 saturated carbocycles. The molecule has 0 aliphatic heterocycles. The fourth-order valence-corrected chi connectivity index (χ4v) is 3.60. The smallest absolute Gasteiger partial charge is 0.325 e. The summed E-state index contributed by atoms with van der Waals surface area (Å²) in [5.41, 5.74) is 3.67. The monoisotopic (exact) mass is 481 g/mol. The van der Waals surface area contributed by atoms with Gasteiger partial charge in [-0.25, -0.2) is 9.07 Å². The van der Waals surface area contributed by atoms with E-state index in [4.69, 9.17) is 14.2 Å². The number of carbonyl (C=O) groups excluding carboxylic acids is 2. The van der Waals surface area contributed by atoms with E-state index in [9.17, 15) is 14.0 Å². The maximum absolute atomic E-state index is 13.3. The van der Waals surface area contributed by atoms with Gasteiger partial charge in [0.1, 0.15) is 23.9 Å². The lowest BCUT2D eigenvalue weighted by Gasteiger charge is -2.21. The molecule has 1 aromatic heterocycles. The first-order valence-corrected chi connectivity index (χ1v) is 10.8. The van der Waals surface area contributed by atoms with Crippen molar-refractivity contribution in [3.63, 3.8) is 0 Å². The number of esters is 1. The first-order valence-electron chi connectivity index (χ1n) is 10.8. The van der Waals surface area contributed by atoms with Gasteiger partial charge in [0, 0.05) is 29.9 Å². The zero-order valence-corrected chi connectivity index (χ0v) is 20.4. The number of carbonyl (C=O) groups is 2. The van der Waals surface area contributed by atoms with E-state index in [1.807, 2.05) is 13.8 Å². The molecule has 1 amide bonds. The van der Waals surface area contributed by atoms with Gasteiger partial charge in [0.15, 0.2) is 0 Å². The highest BCUT2D eigenvalue weighted by Gasteiger charge is 2.18. The van der Waals surface area contributed by atoms with Gasteiger partial charge in [-0.2, -0.15) is 5.10 Å². The molecule has 0 spiro atoms. The van der Waals surface area contributed by atoms with E-state index in [2.05, 4.69) is 5.10 Å². The molecule has 184 valence electrons. The van der Waals surface area contributed by atoms with Crippen molar-refractivity contribution in [1.82, 2.24) is 14.7 Å². The Kier molecular flexibility index (Phi) is 8.25. The number of benzene rings is 2. The van der Waals surface area contributed by atoms with Gasteiger partial charge >= 0.3 is 5.97 Å². The highest BCUT2D eigenvalue weighted by atomic mass is 19.1. The number of amides is 1.